The summed E-state index contributed by atoms with van der Waals surface area (Å²) in [5, 5.41) is 7.21. The average Bonchev–Trinajstić information content (AvgIpc) is 3.38. The summed E-state index contributed by atoms with van der Waals surface area (Å²) in [7, 11) is 0. The van der Waals surface area contributed by atoms with E-state index >= 15 is 0 Å². The highest BCUT2D eigenvalue weighted by Gasteiger charge is 2.41. The first-order valence-electron chi connectivity index (χ1n) is 13.3. The fourth-order valence-corrected chi connectivity index (χ4v) is 6.03. The second-order valence-corrected chi connectivity index (χ2v) is 10.8. The number of rotatable bonds is 7. The van der Waals surface area contributed by atoms with Gasteiger partial charge in [0.2, 0.25) is 5.91 Å². The lowest BCUT2D eigenvalue weighted by Gasteiger charge is -2.28. The fraction of sp³-hybridized carbons (Fsp3) is 0.281. The molecular formula is C32H35N5OS. The molecule has 200 valence electrons. The molecule has 2 N–H and O–H groups in total. The molecule has 39 heavy (non-hydrogen) atoms. The average molecular weight is 538 g/mol. The van der Waals surface area contributed by atoms with Crippen LogP contribution in [0, 0.1) is 34.6 Å². The Labute approximate surface area is 236 Å². The van der Waals surface area contributed by atoms with Crippen molar-refractivity contribution in [1.82, 2.24) is 19.8 Å². The minimum Gasteiger partial charge on any atom is -0.352 e. The molecule has 1 amide bonds. The molecule has 1 fully saturated rings. The van der Waals surface area contributed by atoms with Crippen LogP contribution in [0.3, 0.4) is 0 Å². The number of nitrogens with zero attached hydrogens (tertiary/aromatic N) is 3. The number of benzene rings is 2. The van der Waals surface area contributed by atoms with Gasteiger partial charge in [0.1, 0.15) is 0 Å². The van der Waals surface area contributed by atoms with E-state index < -0.39 is 0 Å². The molecule has 2 aromatic heterocycles. The van der Waals surface area contributed by atoms with Gasteiger partial charge in [0.25, 0.3) is 0 Å². The molecule has 5 rings (SSSR count). The highest BCUT2D eigenvalue weighted by Crippen LogP contribution is 2.41. The first-order chi connectivity index (χ1) is 18.7. The maximum Gasteiger partial charge on any atom is 0.226 e. The number of carbonyl (C=O) groups is 1. The second-order valence-electron chi connectivity index (χ2n) is 10.4. The Hall–Kier alpha value is -3.97. The number of thiocarbonyl (C=S) groups is 1. The van der Waals surface area contributed by atoms with Crippen LogP contribution in [-0.4, -0.2) is 32.0 Å². The third-order valence-electron chi connectivity index (χ3n) is 7.45. The van der Waals surface area contributed by atoms with Gasteiger partial charge in [-0.25, -0.2) is 0 Å². The molecule has 0 saturated carbocycles. The number of carbonyl (C=O) groups excluding carboxylic acids is 1. The smallest absolute Gasteiger partial charge is 0.226 e. The molecule has 6 nitrogen and oxygen atoms in total. The van der Waals surface area contributed by atoms with Crippen LogP contribution < -0.4 is 10.6 Å². The van der Waals surface area contributed by atoms with Gasteiger partial charge in [-0.3, -0.25) is 9.78 Å². The molecule has 0 bridgehead atoms. The van der Waals surface area contributed by atoms with Crippen LogP contribution in [0.2, 0.25) is 0 Å². The molecular weight excluding hydrogens is 502 g/mol. The molecule has 0 spiro atoms. The highest BCUT2D eigenvalue weighted by molar-refractivity contribution is 7.80. The Bertz CT molecular complexity index is 1510. The summed E-state index contributed by atoms with van der Waals surface area (Å²) in [6.45, 7) is 11.1. The van der Waals surface area contributed by atoms with Crippen LogP contribution in [0.15, 0.2) is 72.9 Å². The van der Waals surface area contributed by atoms with Crippen molar-refractivity contribution < 1.29 is 4.79 Å². The van der Waals surface area contributed by atoms with E-state index in [9.17, 15) is 4.79 Å². The number of aryl methyl sites for hydroxylation is 4. The number of aromatic nitrogens is 2. The summed E-state index contributed by atoms with van der Waals surface area (Å²) in [6, 6.07) is 22.4. The number of hydrogen-bond donors (Lipinski definition) is 2. The van der Waals surface area contributed by atoms with Gasteiger partial charge in [0.15, 0.2) is 5.11 Å². The maximum atomic E-state index is 13.0. The Morgan fingerprint density at radius 3 is 2.38 bits per heavy atom. The Balaban J connectivity index is 1.49. The zero-order chi connectivity index (χ0) is 27.7. The standard InChI is InChI=1S/C32H35N5OS/c1-20-16-21(2)18-25(17-20)37-23(4)19-26(24(37)5)31-30(28-12-8-9-14-33-28)35-32(39)36(31)15-13-29(38)34-27-11-7-6-10-22(27)3/h6-12,14,16-19,30-31H,13,15H2,1-5H3,(H,34,38)(H,35,39)/t30-,31-/m1/s1. The van der Waals surface area contributed by atoms with E-state index in [0.29, 0.717) is 18.1 Å². The molecule has 1 aliphatic rings. The molecule has 0 aliphatic carbocycles. The molecule has 1 aliphatic heterocycles. The number of amides is 1. The van der Waals surface area contributed by atoms with Crippen LogP contribution in [0.5, 0.6) is 0 Å². The van der Waals surface area contributed by atoms with Gasteiger partial charge < -0.3 is 20.1 Å². The lowest BCUT2D eigenvalue weighted by Crippen LogP contribution is -2.33. The molecule has 2 aromatic carbocycles. The Morgan fingerprint density at radius 1 is 0.974 bits per heavy atom. The van der Waals surface area contributed by atoms with E-state index in [1.165, 1.54) is 16.7 Å². The Morgan fingerprint density at radius 2 is 1.69 bits per heavy atom. The van der Waals surface area contributed by atoms with Gasteiger partial charge in [-0.15, -0.1) is 0 Å². The van der Waals surface area contributed by atoms with Gasteiger partial charge >= 0.3 is 0 Å². The largest absolute Gasteiger partial charge is 0.352 e. The molecule has 0 unspecified atom stereocenters. The summed E-state index contributed by atoms with van der Waals surface area (Å²) in [6.07, 6.45) is 2.13. The van der Waals surface area contributed by atoms with Crippen molar-refractivity contribution >= 4 is 28.9 Å². The molecule has 7 heteroatoms. The van der Waals surface area contributed by atoms with E-state index in [0.717, 1.165) is 34.0 Å². The van der Waals surface area contributed by atoms with Gasteiger partial charge in [-0.2, -0.15) is 0 Å². The predicted octanol–water partition coefficient (Wildman–Crippen LogP) is 6.42. The second kappa shape index (κ2) is 11.0. The van der Waals surface area contributed by atoms with Gasteiger partial charge in [-0.05, 0) is 105 Å². The molecule has 4 aromatic rings. The van der Waals surface area contributed by atoms with E-state index in [-0.39, 0.29) is 18.0 Å². The van der Waals surface area contributed by atoms with Crippen molar-refractivity contribution in [2.75, 3.05) is 11.9 Å². The lowest BCUT2D eigenvalue weighted by atomic mass is 9.96. The van der Waals surface area contributed by atoms with Crippen molar-refractivity contribution in [3.63, 3.8) is 0 Å². The molecule has 3 heterocycles. The number of nitrogens with one attached hydrogen (secondary N) is 2. The highest BCUT2D eigenvalue weighted by atomic mass is 32.1. The van der Waals surface area contributed by atoms with Crippen LogP contribution in [0.1, 0.15) is 57.8 Å². The molecule has 1 saturated heterocycles. The summed E-state index contributed by atoms with van der Waals surface area (Å²) < 4.78 is 2.31. The summed E-state index contributed by atoms with van der Waals surface area (Å²) in [5.74, 6) is -0.0344. The summed E-state index contributed by atoms with van der Waals surface area (Å²) in [4.78, 5) is 19.8. The minimum atomic E-state index is -0.133. The van der Waals surface area contributed by atoms with Crippen molar-refractivity contribution in [3.8, 4) is 5.69 Å². The van der Waals surface area contributed by atoms with E-state index in [1.54, 1.807) is 0 Å². The third-order valence-corrected chi connectivity index (χ3v) is 7.80. The minimum absolute atomic E-state index is 0.0344. The maximum absolute atomic E-state index is 13.0. The van der Waals surface area contributed by atoms with Gasteiger partial charge in [-0.1, -0.05) is 30.3 Å². The van der Waals surface area contributed by atoms with Crippen LogP contribution in [0.25, 0.3) is 5.69 Å². The first-order valence-corrected chi connectivity index (χ1v) is 13.7. The van der Waals surface area contributed by atoms with Crippen LogP contribution in [0.4, 0.5) is 5.69 Å². The summed E-state index contributed by atoms with van der Waals surface area (Å²) in [5.41, 5.74) is 9.90. The topological polar surface area (TPSA) is 62.2 Å². The van der Waals surface area contributed by atoms with Crippen molar-refractivity contribution in [1.29, 1.82) is 0 Å². The third kappa shape index (κ3) is 5.45. The first kappa shape index (κ1) is 26.6. The van der Waals surface area contributed by atoms with Crippen molar-refractivity contribution in [3.05, 3.63) is 112 Å². The van der Waals surface area contributed by atoms with Gasteiger partial charge in [0.05, 0.1) is 17.8 Å². The number of para-hydroxylation sites is 1. The summed E-state index contributed by atoms with van der Waals surface area (Å²) >= 11 is 5.86. The van der Waals surface area contributed by atoms with Crippen LogP contribution in [-0.2, 0) is 4.79 Å². The zero-order valence-electron chi connectivity index (χ0n) is 23.2. The SMILES string of the molecule is Cc1cc(C)cc(-n2c(C)cc([C@@H]3[C@@H](c4ccccn4)NC(=S)N3CCC(=O)Nc3ccccc3C)c2C)c1. The fourth-order valence-electron chi connectivity index (χ4n) is 5.70. The Kier molecular flexibility index (Phi) is 7.53. The molecule has 2 atom stereocenters. The quantitative estimate of drug-likeness (QED) is 0.267. The van der Waals surface area contributed by atoms with E-state index in [2.05, 4.69) is 77.0 Å². The van der Waals surface area contributed by atoms with Gasteiger partial charge in [0, 0.05) is 41.9 Å². The number of anilines is 1. The normalized spacial score (nSPS) is 16.8. The number of hydrogen-bond acceptors (Lipinski definition) is 3. The van der Waals surface area contributed by atoms with E-state index in [1.807, 2.05) is 55.6 Å². The molecule has 0 radical (unpaired) electrons. The lowest BCUT2D eigenvalue weighted by molar-refractivity contribution is -0.116. The van der Waals surface area contributed by atoms with E-state index in [4.69, 9.17) is 12.2 Å². The van der Waals surface area contributed by atoms with Crippen molar-refractivity contribution in [2.24, 2.45) is 0 Å². The zero-order valence-corrected chi connectivity index (χ0v) is 24.0. The van der Waals surface area contributed by atoms with Crippen molar-refractivity contribution in [2.45, 2.75) is 53.1 Å². The van der Waals surface area contributed by atoms with Crippen LogP contribution >= 0.6 is 12.2 Å². The predicted molar refractivity (Wildman–Crippen MR) is 161 cm³/mol. The monoisotopic (exact) mass is 537 g/mol. The number of pyridine rings is 1.